The van der Waals surface area contributed by atoms with Gasteiger partial charge in [0.25, 0.3) is 0 Å². The third kappa shape index (κ3) is 5.91. The fourth-order valence-electron chi connectivity index (χ4n) is 5.02. The number of nitriles is 1. The number of halogens is 1. The third-order valence-electron chi connectivity index (χ3n) is 6.84. The largest absolute Gasteiger partial charge is 0.495 e. The molecule has 1 aliphatic rings. The molecule has 190 valence electrons. The zero-order chi connectivity index (χ0) is 25.5. The van der Waals surface area contributed by atoms with Crippen LogP contribution >= 0.6 is 11.6 Å². The van der Waals surface area contributed by atoms with Gasteiger partial charge < -0.3 is 20.1 Å². The van der Waals surface area contributed by atoms with Gasteiger partial charge in [-0.15, -0.1) is 0 Å². The average molecular weight is 508 g/mol. The molecule has 3 aromatic rings. The van der Waals surface area contributed by atoms with Crippen molar-refractivity contribution in [3.05, 3.63) is 63.8 Å². The Balaban J connectivity index is 1.62. The summed E-state index contributed by atoms with van der Waals surface area (Å²) in [5.41, 5.74) is 5.38. The molecule has 1 aliphatic heterocycles. The number of anilines is 1. The van der Waals surface area contributed by atoms with Crippen molar-refractivity contribution in [1.82, 2.24) is 15.2 Å². The number of aromatic nitrogens is 1. The molecule has 2 heterocycles. The standard InChI is InChI=1S/C28H34ClN5O2/c1-4-34-9-5-6-23(34)17-31-15-21-10-20(13-30)11-24-27(21)33-16-22(18-35-2)28(24)32-14-19-7-8-26(36-3)25(29)12-19/h7-8,10-12,16,23,31H,4-6,9,14-15,17-18H2,1-3H3,(H,32,33). The van der Waals surface area contributed by atoms with E-state index in [2.05, 4.69) is 28.5 Å². The summed E-state index contributed by atoms with van der Waals surface area (Å²) in [6.07, 6.45) is 4.34. The molecule has 1 saturated heterocycles. The highest BCUT2D eigenvalue weighted by molar-refractivity contribution is 6.32. The molecule has 0 bridgehead atoms. The lowest BCUT2D eigenvalue weighted by Gasteiger charge is -2.23. The van der Waals surface area contributed by atoms with Gasteiger partial charge in [0.1, 0.15) is 5.75 Å². The predicted octanol–water partition coefficient (Wildman–Crippen LogP) is 5.10. The number of fused-ring (bicyclic) bond motifs is 1. The van der Waals surface area contributed by atoms with Crippen molar-refractivity contribution in [1.29, 1.82) is 5.26 Å². The molecule has 0 radical (unpaired) electrons. The van der Waals surface area contributed by atoms with E-state index in [1.165, 1.54) is 19.4 Å². The molecule has 0 spiro atoms. The van der Waals surface area contributed by atoms with Gasteiger partial charge in [-0.1, -0.05) is 24.6 Å². The number of pyridine rings is 1. The number of likely N-dealkylation sites (N-methyl/N-ethyl adjacent to an activating group) is 1. The van der Waals surface area contributed by atoms with Crippen molar-refractivity contribution in [2.75, 3.05) is 39.2 Å². The van der Waals surface area contributed by atoms with Crippen LogP contribution in [0.25, 0.3) is 10.9 Å². The zero-order valence-corrected chi connectivity index (χ0v) is 22.0. The smallest absolute Gasteiger partial charge is 0.137 e. The molecule has 8 heteroatoms. The van der Waals surface area contributed by atoms with Crippen molar-refractivity contribution in [2.24, 2.45) is 0 Å². The maximum absolute atomic E-state index is 9.77. The van der Waals surface area contributed by atoms with Gasteiger partial charge >= 0.3 is 0 Å². The van der Waals surface area contributed by atoms with E-state index in [4.69, 9.17) is 26.1 Å². The number of likely N-dealkylation sites (tertiary alicyclic amines) is 1. The minimum absolute atomic E-state index is 0.410. The number of hydrogen-bond donors (Lipinski definition) is 2. The lowest BCUT2D eigenvalue weighted by Crippen LogP contribution is -2.37. The van der Waals surface area contributed by atoms with Gasteiger partial charge in [-0.2, -0.15) is 5.26 Å². The number of nitrogens with zero attached hydrogens (tertiary/aromatic N) is 3. The van der Waals surface area contributed by atoms with Crippen molar-refractivity contribution in [2.45, 2.75) is 45.5 Å². The molecule has 1 aromatic heterocycles. The average Bonchev–Trinajstić information content (AvgIpc) is 3.35. The molecule has 2 aromatic carbocycles. The first-order valence-electron chi connectivity index (χ1n) is 12.4. The quantitative estimate of drug-likeness (QED) is 0.373. The number of ether oxygens (including phenoxy) is 2. The van der Waals surface area contributed by atoms with Gasteiger partial charge in [0.05, 0.1) is 41.6 Å². The Morgan fingerprint density at radius 1 is 1.19 bits per heavy atom. The van der Waals surface area contributed by atoms with E-state index in [0.717, 1.165) is 46.4 Å². The highest BCUT2D eigenvalue weighted by Crippen LogP contribution is 2.31. The number of rotatable bonds is 11. The number of methoxy groups -OCH3 is 2. The van der Waals surface area contributed by atoms with Crippen LogP contribution in [0, 0.1) is 11.3 Å². The maximum atomic E-state index is 9.77. The highest BCUT2D eigenvalue weighted by Gasteiger charge is 2.22. The fourth-order valence-corrected chi connectivity index (χ4v) is 5.30. The lowest BCUT2D eigenvalue weighted by atomic mass is 10.0. The molecular weight excluding hydrogens is 474 g/mol. The van der Waals surface area contributed by atoms with E-state index in [1.54, 1.807) is 14.2 Å². The van der Waals surface area contributed by atoms with Gasteiger partial charge in [-0.25, -0.2) is 0 Å². The molecule has 0 aliphatic carbocycles. The summed E-state index contributed by atoms with van der Waals surface area (Å²) in [5.74, 6) is 0.644. The van der Waals surface area contributed by atoms with Gasteiger partial charge in [0.15, 0.2) is 0 Å². The van der Waals surface area contributed by atoms with E-state index in [0.29, 0.717) is 42.1 Å². The molecular formula is C28H34ClN5O2. The van der Waals surface area contributed by atoms with Gasteiger partial charge in [-0.3, -0.25) is 9.88 Å². The summed E-state index contributed by atoms with van der Waals surface area (Å²) >= 11 is 6.33. The maximum Gasteiger partial charge on any atom is 0.137 e. The predicted molar refractivity (Wildman–Crippen MR) is 144 cm³/mol. The Hall–Kier alpha value is -2.89. The monoisotopic (exact) mass is 507 g/mol. The number of benzene rings is 2. The molecule has 1 atom stereocenters. The number of hydrogen-bond acceptors (Lipinski definition) is 7. The molecule has 0 saturated carbocycles. The summed E-state index contributed by atoms with van der Waals surface area (Å²) in [4.78, 5) is 7.32. The van der Waals surface area contributed by atoms with Crippen LogP contribution in [0.2, 0.25) is 5.02 Å². The first kappa shape index (κ1) is 26.2. The Bertz CT molecular complexity index is 1240. The van der Waals surface area contributed by atoms with Crippen molar-refractivity contribution < 1.29 is 9.47 Å². The Morgan fingerprint density at radius 3 is 2.78 bits per heavy atom. The topological polar surface area (TPSA) is 82.4 Å². The Morgan fingerprint density at radius 2 is 2.06 bits per heavy atom. The molecule has 4 rings (SSSR count). The second kappa shape index (κ2) is 12.4. The summed E-state index contributed by atoms with van der Waals surface area (Å²) < 4.78 is 10.7. The third-order valence-corrected chi connectivity index (χ3v) is 7.14. The molecule has 0 amide bonds. The van der Waals surface area contributed by atoms with Crippen molar-refractivity contribution in [3.63, 3.8) is 0 Å². The molecule has 36 heavy (non-hydrogen) atoms. The summed E-state index contributed by atoms with van der Waals surface area (Å²) in [7, 11) is 3.27. The zero-order valence-electron chi connectivity index (χ0n) is 21.2. The van der Waals surface area contributed by atoms with E-state index < -0.39 is 0 Å². The summed E-state index contributed by atoms with van der Waals surface area (Å²) in [6.45, 7) is 7.02. The minimum Gasteiger partial charge on any atom is -0.495 e. The normalized spacial score (nSPS) is 15.8. The first-order chi connectivity index (χ1) is 17.6. The number of nitrogens with one attached hydrogen (secondary N) is 2. The van der Waals surface area contributed by atoms with E-state index in [9.17, 15) is 5.26 Å². The second-order valence-corrected chi connectivity index (χ2v) is 9.52. The summed E-state index contributed by atoms with van der Waals surface area (Å²) in [5, 5.41) is 18.4. The SMILES string of the molecule is CCN1CCCC1CNCc1cc(C#N)cc2c(NCc3ccc(OC)c(Cl)c3)c(COC)cnc12. The van der Waals surface area contributed by atoms with Crippen LogP contribution in [-0.2, 0) is 24.4 Å². The highest BCUT2D eigenvalue weighted by atomic mass is 35.5. The first-order valence-corrected chi connectivity index (χ1v) is 12.8. The van der Waals surface area contributed by atoms with Crippen molar-refractivity contribution >= 4 is 28.2 Å². The van der Waals surface area contributed by atoms with Gasteiger partial charge in [-0.05, 0) is 61.3 Å². The van der Waals surface area contributed by atoms with Crippen LogP contribution in [0.5, 0.6) is 5.75 Å². The van der Waals surface area contributed by atoms with Crippen LogP contribution in [0.4, 0.5) is 5.69 Å². The molecule has 1 fully saturated rings. The van der Waals surface area contributed by atoms with Crippen LogP contribution < -0.4 is 15.4 Å². The van der Waals surface area contributed by atoms with Gasteiger partial charge in [0.2, 0.25) is 0 Å². The lowest BCUT2D eigenvalue weighted by molar-refractivity contribution is 0.185. The summed E-state index contributed by atoms with van der Waals surface area (Å²) in [6, 6.07) is 12.5. The van der Waals surface area contributed by atoms with Crippen LogP contribution in [0.1, 0.15) is 42.0 Å². The minimum atomic E-state index is 0.410. The van der Waals surface area contributed by atoms with Crippen molar-refractivity contribution in [3.8, 4) is 11.8 Å². The molecule has 2 N–H and O–H groups in total. The Kier molecular flexibility index (Phi) is 9.00. The van der Waals surface area contributed by atoms with Crippen LogP contribution in [-0.4, -0.2) is 49.8 Å². The van der Waals surface area contributed by atoms with Gasteiger partial charge in [0, 0.05) is 49.9 Å². The van der Waals surface area contributed by atoms with E-state index >= 15 is 0 Å². The molecule has 7 nitrogen and oxygen atoms in total. The Labute approximate surface area is 218 Å². The van der Waals surface area contributed by atoms with E-state index in [-0.39, 0.29) is 0 Å². The van der Waals surface area contributed by atoms with Crippen LogP contribution in [0.3, 0.4) is 0 Å². The van der Waals surface area contributed by atoms with E-state index in [1.807, 2.05) is 36.5 Å². The molecule has 1 unspecified atom stereocenters. The fraction of sp³-hybridized carbons (Fsp3) is 0.429. The second-order valence-electron chi connectivity index (χ2n) is 9.11. The van der Waals surface area contributed by atoms with Crippen LogP contribution in [0.15, 0.2) is 36.5 Å².